The highest BCUT2D eigenvalue weighted by atomic mass is 32.2. The van der Waals surface area contributed by atoms with Crippen LogP contribution in [0, 0.1) is 24.0 Å². The number of aryl methyl sites for hydroxylation is 2. The first-order valence-corrected chi connectivity index (χ1v) is 7.61. The molecular formula is C16H18N2O2S. The molecule has 0 fully saturated rings. The van der Waals surface area contributed by atoms with E-state index in [2.05, 4.69) is 11.4 Å². The third-order valence-electron chi connectivity index (χ3n) is 3.11. The fraction of sp³-hybridized carbons (Fsp3) is 0.250. The third kappa shape index (κ3) is 3.55. The maximum atomic E-state index is 11.4. The van der Waals surface area contributed by atoms with Crippen LogP contribution < -0.4 is 5.32 Å². The molecule has 2 aromatic carbocycles. The quantitative estimate of drug-likeness (QED) is 0.637. The summed E-state index contributed by atoms with van der Waals surface area (Å²) in [6.45, 7) is 6.61. The average Bonchev–Trinajstić information content (AvgIpc) is 2.43. The van der Waals surface area contributed by atoms with Crippen LogP contribution in [0.2, 0.25) is 0 Å². The van der Waals surface area contributed by atoms with Gasteiger partial charge in [0.15, 0.2) is 0 Å². The van der Waals surface area contributed by atoms with Gasteiger partial charge in [-0.25, -0.2) is 0 Å². The molecule has 0 unspecified atom stereocenters. The zero-order valence-corrected chi connectivity index (χ0v) is 13.2. The van der Waals surface area contributed by atoms with E-state index in [0.717, 1.165) is 16.0 Å². The van der Waals surface area contributed by atoms with Crippen molar-refractivity contribution in [3.05, 3.63) is 57.6 Å². The number of hydrogen-bond donors (Lipinski definition) is 1. The molecule has 0 aromatic heterocycles. The summed E-state index contributed by atoms with van der Waals surface area (Å²) in [4.78, 5) is 12.8. The first kappa shape index (κ1) is 15.4. The molecule has 0 heterocycles. The molecule has 110 valence electrons. The highest BCUT2D eigenvalue weighted by molar-refractivity contribution is 7.99. The zero-order chi connectivity index (χ0) is 15.4. The zero-order valence-electron chi connectivity index (χ0n) is 12.3. The van der Waals surface area contributed by atoms with Gasteiger partial charge in [-0.05, 0) is 50.1 Å². The molecule has 5 heteroatoms. The Labute approximate surface area is 128 Å². The highest BCUT2D eigenvalue weighted by Crippen LogP contribution is 2.40. The number of nitrogens with zero attached hydrogens (tertiary/aromatic N) is 1. The van der Waals surface area contributed by atoms with E-state index in [1.165, 1.54) is 11.8 Å². The number of nitrogens with one attached hydrogen (secondary N) is 1. The molecular weight excluding hydrogens is 284 g/mol. The summed E-state index contributed by atoms with van der Waals surface area (Å²) in [5, 5.41) is 14.5. The maximum absolute atomic E-state index is 11.4. The van der Waals surface area contributed by atoms with Crippen molar-refractivity contribution in [1.29, 1.82) is 0 Å². The number of hydrogen-bond acceptors (Lipinski definition) is 4. The van der Waals surface area contributed by atoms with Gasteiger partial charge in [0, 0.05) is 11.4 Å². The Morgan fingerprint density at radius 3 is 2.62 bits per heavy atom. The van der Waals surface area contributed by atoms with E-state index in [1.807, 2.05) is 39.0 Å². The summed E-state index contributed by atoms with van der Waals surface area (Å²) >= 11 is 1.44. The van der Waals surface area contributed by atoms with Gasteiger partial charge >= 0.3 is 5.69 Å². The van der Waals surface area contributed by atoms with Gasteiger partial charge in [0.2, 0.25) is 0 Å². The smallest absolute Gasteiger partial charge is 0.306 e. The molecule has 0 saturated carbocycles. The predicted molar refractivity (Wildman–Crippen MR) is 87.3 cm³/mol. The Morgan fingerprint density at radius 1 is 1.19 bits per heavy atom. The molecule has 0 bridgehead atoms. The van der Waals surface area contributed by atoms with E-state index < -0.39 is 0 Å². The topological polar surface area (TPSA) is 55.2 Å². The molecule has 21 heavy (non-hydrogen) atoms. The van der Waals surface area contributed by atoms with Gasteiger partial charge in [0.1, 0.15) is 5.69 Å². The number of para-hydroxylation sites is 1. The molecule has 2 rings (SSSR count). The van der Waals surface area contributed by atoms with Crippen molar-refractivity contribution >= 4 is 23.1 Å². The van der Waals surface area contributed by atoms with Crippen molar-refractivity contribution in [2.75, 3.05) is 11.9 Å². The van der Waals surface area contributed by atoms with Crippen LogP contribution in [0.15, 0.2) is 46.2 Å². The fourth-order valence-electron chi connectivity index (χ4n) is 2.06. The monoisotopic (exact) mass is 302 g/mol. The number of nitro groups is 1. The molecule has 4 nitrogen and oxygen atoms in total. The number of benzene rings is 2. The Kier molecular flexibility index (Phi) is 4.85. The van der Waals surface area contributed by atoms with Crippen molar-refractivity contribution < 1.29 is 4.92 Å². The minimum absolute atomic E-state index is 0.144. The molecule has 0 aliphatic carbocycles. The Balaban J connectivity index is 2.46. The van der Waals surface area contributed by atoms with Gasteiger partial charge in [-0.3, -0.25) is 10.1 Å². The molecule has 0 aliphatic heterocycles. The lowest BCUT2D eigenvalue weighted by atomic mass is 10.2. The number of anilines is 1. The van der Waals surface area contributed by atoms with Crippen LogP contribution in [0.3, 0.4) is 0 Å². The lowest BCUT2D eigenvalue weighted by Crippen LogP contribution is -2.02. The Bertz CT molecular complexity index is 671. The normalized spacial score (nSPS) is 10.4. The summed E-state index contributed by atoms with van der Waals surface area (Å²) < 4.78 is 0. The van der Waals surface area contributed by atoms with Crippen molar-refractivity contribution in [3.63, 3.8) is 0 Å². The SMILES string of the molecule is CCNc1cccc(Sc2cc(C)ccc2C)c1[N+](=O)[O-]. The Hall–Kier alpha value is -2.01. The summed E-state index contributed by atoms with van der Waals surface area (Å²) in [5.74, 6) is 0. The molecule has 0 amide bonds. The highest BCUT2D eigenvalue weighted by Gasteiger charge is 2.20. The van der Waals surface area contributed by atoms with Crippen LogP contribution in [-0.2, 0) is 0 Å². The second-order valence-corrected chi connectivity index (χ2v) is 5.89. The van der Waals surface area contributed by atoms with E-state index in [9.17, 15) is 10.1 Å². The maximum Gasteiger partial charge on any atom is 0.306 e. The van der Waals surface area contributed by atoms with E-state index in [-0.39, 0.29) is 10.6 Å². The van der Waals surface area contributed by atoms with Gasteiger partial charge in [-0.1, -0.05) is 30.0 Å². The average molecular weight is 302 g/mol. The van der Waals surface area contributed by atoms with Crippen LogP contribution >= 0.6 is 11.8 Å². The molecule has 0 radical (unpaired) electrons. The van der Waals surface area contributed by atoms with Crippen LogP contribution in [-0.4, -0.2) is 11.5 Å². The number of rotatable bonds is 5. The molecule has 1 N–H and O–H groups in total. The minimum Gasteiger partial charge on any atom is -0.380 e. The molecule has 0 spiro atoms. The van der Waals surface area contributed by atoms with Crippen molar-refractivity contribution in [2.24, 2.45) is 0 Å². The van der Waals surface area contributed by atoms with Crippen LogP contribution in [0.4, 0.5) is 11.4 Å². The summed E-state index contributed by atoms with van der Waals surface area (Å²) in [6.07, 6.45) is 0. The van der Waals surface area contributed by atoms with Gasteiger partial charge < -0.3 is 5.32 Å². The van der Waals surface area contributed by atoms with Crippen LogP contribution in [0.1, 0.15) is 18.1 Å². The van der Waals surface area contributed by atoms with E-state index in [0.29, 0.717) is 17.1 Å². The molecule has 0 saturated heterocycles. The second kappa shape index (κ2) is 6.63. The molecule has 0 atom stereocenters. The lowest BCUT2D eigenvalue weighted by Gasteiger charge is -2.10. The summed E-state index contributed by atoms with van der Waals surface area (Å²) in [6, 6.07) is 11.5. The molecule has 2 aromatic rings. The Morgan fingerprint density at radius 2 is 1.95 bits per heavy atom. The van der Waals surface area contributed by atoms with Gasteiger partial charge in [0.25, 0.3) is 0 Å². The number of nitro benzene ring substituents is 1. The van der Waals surface area contributed by atoms with E-state index in [4.69, 9.17) is 0 Å². The van der Waals surface area contributed by atoms with Gasteiger partial charge in [-0.15, -0.1) is 0 Å². The lowest BCUT2D eigenvalue weighted by molar-refractivity contribution is -0.386. The first-order valence-electron chi connectivity index (χ1n) is 6.79. The van der Waals surface area contributed by atoms with Crippen molar-refractivity contribution in [1.82, 2.24) is 0 Å². The van der Waals surface area contributed by atoms with Gasteiger partial charge in [-0.2, -0.15) is 0 Å². The summed E-state index contributed by atoms with van der Waals surface area (Å²) in [7, 11) is 0. The van der Waals surface area contributed by atoms with Gasteiger partial charge in [0.05, 0.1) is 9.82 Å². The fourth-order valence-corrected chi connectivity index (χ4v) is 3.20. The summed E-state index contributed by atoms with van der Waals surface area (Å²) in [5.41, 5.74) is 2.98. The van der Waals surface area contributed by atoms with Crippen molar-refractivity contribution in [3.8, 4) is 0 Å². The van der Waals surface area contributed by atoms with E-state index in [1.54, 1.807) is 12.1 Å². The third-order valence-corrected chi connectivity index (χ3v) is 4.32. The largest absolute Gasteiger partial charge is 0.380 e. The van der Waals surface area contributed by atoms with Crippen molar-refractivity contribution in [2.45, 2.75) is 30.6 Å². The predicted octanol–water partition coefficient (Wildman–Crippen LogP) is 4.79. The van der Waals surface area contributed by atoms with E-state index >= 15 is 0 Å². The second-order valence-electron chi connectivity index (χ2n) is 4.81. The van der Waals surface area contributed by atoms with Crippen LogP contribution in [0.5, 0.6) is 0 Å². The molecule has 0 aliphatic rings. The first-order chi connectivity index (χ1) is 10.0. The standard InChI is InChI=1S/C16H18N2O2S/c1-4-17-13-6-5-7-14(16(13)18(19)20)21-15-10-11(2)8-9-12(15)3/h5-10,17H,4H2,1-3H3. The van der Waals surface area contributed by atoms with Crippen LogP contribution in [0.25, 0.3) is 0 Å². The minimum atomic E-state index is -0.314.